The molecule has 1 aliphatic rings. The standard InChI is InChI=1S/C16H12O5/c1-20-15-10-7-6-9-4-2-3-5-13(9)21-16(19)11(10)8-12(17)14(15)18/h2-8,17-18H,1H3/b7-6-. The van der Waals surface area contributed by atoms with E-state index in [-0.39, 0.29) is 11.3 Å². The van der Waals surface area contributed by atoms with Crippen LogP contribution in [0.5, 0.6) is 23.0 Å². The molecule has 0 amide bonds. The largest absolute Gasteiger partial charge is 0.504 e. The molecule has 106 valence electrons. The lowest BCUT2D eigenvalue weighted by Crippen LogP contribution is -2.13. The maximum absolute atomic E-state index is 12.2. The monoisotopic (exact) mass is 284 g/mol. The van der Waals surface area contributed by atoms with Crippen molar-refractivity contribution in [1.82, 2.24) is 0 Å². The molecule has 0 bridgehead atoms. The summed E-state index contributed by atoms with van der Waals surface area (Å²) in [4.78, 5) is 12.2. The normalized spacial score (nSPS) is 14.2. The molecule has 0 saturated heterocycles. The molecule has 2 aromatic carbocycles. The number of carbonyl (C=O) groups excluding carboxylic acids is 1. The minimum absolute atomic E-state index is 0.0255. The van der Waals surface area contributed by atoms with Crippen LogP contribution >= 0.6 is 0 Å². The molecular formula is C16H12O5. The van der Waals surface area contributed by atoms with Gasteiger partial charge >= 0.3 is 5.97 Å². The van der Waals surface area contributed by atoms with Gasteiger partial charge in [0.2, 0.25) is 5.75 Å². The number of phenols is 2. The molecule has 21 heavy (non-hydrogen) atoms. The molecule has 2 N–H and O–H groups in total. The van der Waals surface area contributed by atoms with E-state index in [1.165, 1.54) is 7.11 Å². The highest BCUT2D eigenvalue weighted by molar-refractivity contribution is 6.00. The van der Waals surface area contributed by atoms with E-state index >= 15 is 0 Å². The van der Waals surface area contributed by atoms with E-state index in [2.05, 4.69) is 0 Å². The van der Waals surface area contributed by atoms with E-state index in [4.69, 9.17) is 9.47 Å². The first-order valence-corrected chi connectivity index (χ1v) is 6.24. The van der Waals surface area contributed by atoms with Gasteiger partial charge in [0.15, 0.2) is 11.5 Å². The minimum atomic E-state index is -0.629. The third kappa shape index (κ3) is 2.08. The predicted molar refractivity (Wildman–Crippen MR) is 76.7 cm³/mol. The fraction of sp³-hybridized carbons (Fsp3) is 0.0625. The molecule has 0 aliphatic carbocycles. The van der Waals surface area contributed by atoms with Gasteiger partial charge in [-0.3, -0.25) is 0 Å². The summed E-state index contributed by atoms with van der Waals surface area (Å²) in [5.41, 5.74) is 1.20. The van der Waals surface area contributed by atoms with Crippen molar-refractivity contribution in [1.29, 1.82) is 0 Å². The first-order valence-electron chi connectivity index (χ1n) is 6.24. The summed E-state index contributed by atoms with van der Waals surface area (Å²) < 4.78 is 10.4. The number of phenolic OH excluding ortho intramolecular Hbond substituents is 2. The molecule has 0 atom stereocenters. The zero-order valence-corrected chi connectivity index (χ0v) is 11.2. The second-order valence-electron chi connectivity index (χ2n) is 4.50. The SMILES string of the molecule is COc1c(O)c(O)cc2c1/C=C\c1ccccc1OC2=O. The maximum Gasteiger partial charge on any atom is 0.344 e. The second-order valence-corrected chi connectivity index (χ2v) is 4.50. The minimum Gasteiger partial charge on any atom is -0.504 e. The average molecular weight is 284 g/mol. The Bertz CT molecular complexity index is 762. The highest BCUT2D eigenvalue weighted by Crippen LogP contribution is 2.42. The van der Waals surface area contributed by atoms with Crippen LogP contribution in [0.25, 0.3) is 12.2 Å². The lowest BCUT2D eigenvalue weighted by molar-refractivity contribution is 0.0733. The summed E-state index contributed by atoms with van der Waals surface area (Å²) >= 11 is 0. The van der Waals surface area contributed by atoms with Crippen molar-refractivity contribution in [2.45, 2.75) is 0 Å². The van der Waals surface area contributed by atoms with Gasteiger partial charge in [-0.05, 0) is 18.2 Å². The maximum atomic E-state index is 12.2. The van der Waals surface area contributed by atoms with Crippen molar-refractivity contribution in [2.24, 2.45) is 0 Å². The third-order valence-corrected chi connectivity index (χ3v) is 3.25. The molecule has 5 nitrogen and oxygen atoms in total. The van der Waals surface area contributed by atoms with Gasteiger partial charge in [0, 0.05) is 11.1 Å². The van der Waals surface area contributed by atoms with Crippen LogP contribution in [0.2, 0.25) is 0 Å². The fourth-order valence-electron chi connectivity index (χ4n) is 2.23. The van der Waals surface area contributed by atoms with Gasteiger partial charge in [-0.2, -0.15) is 0 Å². The number of para-hydroxylation sites is 1. The van der Waals surface area contributed by atoms with E-state index in [9.17, 15) is 15.0 Å². The molecular weight excluding hydrogens is 272 g/mol. The van der Waals surface area contributed by atoms with Crippen LogP contribution in [-0.2, 0) is 0 Å². The average Bonchev–Trinajstić information content (AvgIpc) is 2.47. The number of esters is 1. The Balaban J connectivity index is 2.27. The Morgan fingerprint density at radius 3 is 2.67 bits per heavy atom. The van der Waals surface area contributed by atoms with Crippen LogP contribution < -0.4 is 9.47 Å². The van der Waals surface area contributed by atoms with Crippen molar-refractivity contribution >= 4 is 18.1 Å². The van der Waals surface area contributed by atoms with E-state index in [1.807, 2.05) is 6.07 Å². The second kappa shape index (κ2) is 4.86. The Labute approximate surface area is 120 Å². The van der Waals surface area contributed by atoms with Crippen molar-refractivity contribution in [3.05, 3.63) is 47.0 Å². The molecule has 0 unspecified atom stereocenters. The number of rotatable bonds is 1. The van der Waals surface area contributed by atoms with Gasteiger partial charge in [-0.15, -0.1) is 0 Å². The number of methoxy groups -OCH3 is 1. The summed E-state index contributed by atoms with van der Waals surface area (Å²) in [7, 11) is 1.35. The number of aromatic hydroxyl groups is 2. The summed E-state index contributed by atoms with van der Waals surface area (Å²) in [5, 5.41) is 19.5. The van der Waals surface area contributed by atoms with Crippen molar-refractivity contribution in [3.8, 4) is 23.0 Å². The lowest BCUT2D eigenvalue weighted by Gasteiger charge is -2.16. The third-order valence-electron chi connectivity index (χ3n) is 3.25. The van der Waals surface area contributed by atoms with Gasteiger partial charge in [0.1, 0.15) is 5.75 Å². The van der Waals surface area contributed by atoms with Gasteiger partial charge < -0.3 is 19.7 Å². The Kier molecular flexibility index (Phi) is 3.02. The van der Waals surface area contributed by atoms with Crippen molar-refractivity contribution in [2.75, 3.05) is 7.11 Å². The number of carbonyl (C=O) groups is 1. The van der Waals surface area contributed by atoms with E-state index in [1.54, 1.807) is 30.4 Å². The lowest BCUT2D eigenvalue weighted by atomic mass is 10.0. The smallest absolute Gasteiger partial charge is 0.344 e. The molecule has 5 heteroatoms. The summed E-state index contributed by atoms with van der Waals surface area (Å²) in [6, 6.07) is 8.23. The summed E-state index contributed by atoms with van der Waals surface area (Å²) in [5.74, 6) is -1.03. The van der Waals surface area contributed by atoms with E-state index in [0.29, 0.717) is 11.3 Å². The Morgan fingerprint density at radius 2 is 1.90 bits per heavy atom. The van der Waals surface area contributed by atoms with E-state index < -0.39 is 17.5 Å². The van der Waals surface area contributed by atoms with Gasteiger partial charge in [-0.1, -0.05) is 24.3 Å². The molecule has 0 saturated carbocycles. The van der Waals surface area contributed by atoms with Crippen molar-refractivity contribution in [3.63, 3.8) is 0 Å². The number of hydrogen-bond donors (Lipinski definition) is 2. The molecule has 1 heterocycles. The van der Waals surface area contributed by atoms with Crippen LogP contribution in [0.1, 0.15) is 21.5 Å². The van der Waals surface area contributed by atoms with E-state index in [0.717, 1.165) is 11.6 Å². The topological polar surface area (TPSA) is 76.0 Å². The molecule has 3 rings (SSSR count). The molecule has 0 fully saturated rings. The number of benzene rings is 2. The van der Waals surface area contributed by atoms with Gasteiger partial charge in [-0.25, -0.2) is 4.79 Å². The molecule has 0 radical (unpaired) electrons. The van der Waals surface area contributed by atoms with Crippen molar-refractivity contribution < 1.29 is 24.5 Å². The van der Waals surface area contributed by atoms with Crippen LogP contribution in [0.3, 0.4) is 0 Å². The molecule has 1 aliphatic heterocycles. The van der Waals surface area contributed by atoms with Crippen LogP contribution in [0.15, 0.2) is 30.3 Å². The first kappa shape index (κ1) is 13.1. The zero-order valence-electron chi connectivity index (χ0n) is 11.2. The van der Waals surface area contributed by atoms with Gasteiger partial charge in [0.05, 0.1) is 12.7 Å². The quantitative estimate of drug-likeness (QED) is 0.478. The summed E-state index contributed by atoms with van der Waals surface area (Å²) in [6.45, 7) is 0. The Morgan fingerprint density at radius 1 is 1.14 bits per heavy atom. The highest BCUT2D eigenvalue weighted by Gasteiger charge is 2.24. The highest BCUT2D eigenvalue weighted by atomic mass is 16.5. The molecule has 0 aromatic heterocycles. The molecule has 0 spiro atoms. The van der Waals surface area contributed by atoms with Gasteiger partial charge in [0.25, 0.3) is 0 Å². The first-order chi connectivity index (χ1) is 10.1. The molecule has 2 aromatic rings. The zero-order chi connectivity index (χ0) is 15.0. The predicted octanol–water partition coefficient (Wildman–Crippen LogP) is 2.81. The Hall–Kier alpha value is -2.95. The van der Waals surface area contributed by atoms with Crippen LogP contribution in [-0.4, -0.2) is 23.3 Å². The van der Waals surface area contributed by atoms with Crippen LogP contribution in [0.4, 0.5) is 0 Å². The number of hydrogen-bond acceptors (Lipinski definition) is 5. The fourth-order valence-corrected chi connectivity index (χ4v) is 2.23. The summed E-state index contributed by atoms with van der Waals surface area (Å²) in [6.07, 6.45) is 3.40. The van der Waals surface area contributed by atoms with Crippen LogP contribution in [0, 0.1) is 0 Å². The number of fused-ring (bicyclic) bond motifs is 2. The number of ether oxygens (including phenoxy) is 2.